The second-order valence-corrected chi connectivity index (χ2v) is 7.33. The minimum absolute atomic E-state index is 0.0326. The Morgan fingerprint density at radius 1 is 0.742 bits per heavy atom. The van der Waals surface area contributed by atoms with Crippen molar-refractivity contribution in [2.45, 2.75) is 18.6 Å². The molecule has 31 heavy (non-hydrogen) atoms. The third kappa shape index (κ3) is 4.42. The fourth-order valence-corrected chi connectivity index (χ4v) is 3.73. The van der Waals surface area contributed by atoms with Crippen LogP contribution in [0.3, 0.4) is 0 Å². The molecule has 1 aliphatic carbocycles. The number of Topliss-reactive ketones (excluding diaryl/α,β-unsaturated/α-hetero) is 1. The molecule has 1 saturated heterocycles. The van der Waals surface area contributed by atoms with Crippen LogP contribution in [0.4, 0.5) is 11.4 Å². The lowest BCUT2D eigenvalue weighted by Crippen LogP contribution is -2.38. The number of nitro groups is 2. The van der Waals surface area contributed by atoms with E-state index in [9.17, 15) is 25.0 Å². The first-order chi connectivity index (χ1) is 14.8. The summed E-state index contributed by atoms with van der Waals surface area (Å²) in [5, 5.41) is 21.7. The molecule has 0 atom stereocenters. The number of carbonyl (C=O) groups is 1. The molecule has 0 N–H and O–H groups in total. The molecule has 1 heterocycles. The standard InChI is InChI=1S/C22H18N2O7/c25-21-17(11-15-1-5-19(6-2-15)23(26)27)13-22(30-9-10-31-22)14-18(21)12-16-3-7-20(8-4-16)24(28)29/h1-8,11-12H,9-10,13-14H2/b17-11+,18-12+. The monoisotopic (exact) mass is 422 g/mol. The van der Waals surface area contributed by atoms with E-state index in [-0.39, 0.29) is 30.0 Å². The SMILES string of the molecule is O=C1/C(=C/c2ccc([N+](=O)[O-])cc2)CC2(C/C1=C\c1ccc([N+](=O)[O-])cc1)OCCO2. The van der Waals surface area contributed by atoms with Gasteiger partial charge in [0, 0.05) is 48.3 Å². The van der Waals surface area contributed by atoms with E-state index < -0.39 is 15.6 Å². The van der Waals surface area contributed by atoms with E-state index in [1.54, 1.807) is 36.4 Å². The molecule has 2 aliphatic rings. The molecule has 1 aliphatic heterocycles. The molecule has 1 spiro atoms. The minimum Gasteiger partial charge on any atom is -0.347 e. The van der Waals surface area contributed by atoms with E-state index in [1.807, 2.05) is 0 Å². The molecular formula is C22H18N2O7. The summed E-state index contributed by atoms with van der Waals surface area (Å²) in [5.74, 6) is -1.12. The van der Waals surface area contributed by atoms with Gasteiger partial charge in [-0.3, -0.25) is 25.0 Å². The number of benzene rings is 2. The van der Waals surface area contributed by atoms with E-state index in [1.165, 1.54) is 24.3 Å². The van der Waals surface area contributed by atoms with Crippen molar-refractivity contribution < 1.29 is 24.1 Å². The Morgan fingerprint density at radius 2 is 1.13 bits per heavy atom. The van der Waals surface area contributed by atoms with Crippen LogP contribution >= 0.6 is 0 Å². The summed E-state index contributed by atoms with van der Waals surface area (Å²) in [4.78, 5) is 33.9. The highest BCUT2D eigenvalue weighted by Crippen LogP contribution is 2.40. The van der Waals surface area contributed by atoms with E-state index in [2.05, 4.69) is 0 Å². The molecule has 0 unspecified atom stereocenters. The summed E-state index contributed by atoms with van der Waals surface area (Å²) in [6.45, 7) is 0.841. The fourth-order valence-electron chi connectivity index (χ4n) is 3.73. The number of hydrogen-bond acceptors (Lipinski definition) is 7. The fraction of sp³-hybridized carbons (Fsp3) is 0.227. The predicted octanol–water partition coefficient (Wildman–Crippen LogP) is 4.08. The number of ketones is 1. The number of carbonyl (C=O) groups excluding carboxylic acids is 1. The van der Waals surface area contributed by atoms with Crippen LogP contribution in [0, 0.1) is 20.2 Å². The molecule has 9 heteroatoms. The lowest BCUT2D eigenvalue weighted by Gasteiger charge is -2.33. The maximum atomic E-state index is 13.2. The number of ether oxygens (including phenoxy) is 2. The number of nitro benzene ring substituents is 2. The molecule has 0 radical (unpaired) electrons. The number of non-ortho nitro benzene ring substituents is 2. The van der Waals surface area contributed by atoms with Gasteiger partial charge >= 0.3 is 0 Å². The van der Waals surface area contributed by atoms with Gasteiger partial charge in [0.05, 0.1) is 23.1 Å². The van der Waals surface area contributed by atoms with Gasteiger partial charge in [-0.2, -0.15) is 0 Å². The molecule has 158 valence electrons. The lowest BCUT2D eigenvalue weighted by atomic mass is 9.82. The molecule has 0 amide bonds. The van der Waals surface area contributed by atoms with Crippen LogP contribution < -0.4 is 0 Å². The van der Waals surface area contributed by atoms with Gasteiger partial charge in [0.1, 0.15) is 0 Å². The Bertz CT molecular complexity index is 1010. The van der Waals surface area contributed by atoms with Gasteiger partial charge < -0.3 is 9.47 Å². The van der Waals surface area contributed by atoms with Crippen molar-refractivity contribution in [3.63, 3.8) is 0 Å². The zero-order chi connectivity index (χ0) is 22.0. The Morgan fingerprint density at radius 3 is 1.48 bits per heavy atom. The van der Waals surface area contributed by atoms with E-state index in [0.717, 1.165) is 0 Å². The molecule has 1 saturated carbocycles. The van der Waals surface area contributed by atoms with Crippen LogP contribution in [0.25, 0.3) is 12.2 Å². The molecule has 9 nitrogen and oxygen atoms in total. The number of rotatable bonds is 4. The Labute approximate surface area is 176 Å². The van der Waals surface area contributed by atoms with Gasteiger partial charge in [0.25, 0.3) is 11.4 Å². The van der Waals surface area contributed by atoms with Gasteiger partial charge in [0.15, 0.2) is 11.6 Å². The summed E-state index contributed by atoms with van der Waals surface area (Å²) in [5.41, 5.74) is 2.17. The van der Waals surface area contributed by atoms with Crippen molar-refractivity contribution in [2.75, 3.05) is 13.2 Å². The van der Waals surface area contributed by atoms with E-state index >= 15 is 0 Å². The zero-order valence-electron chi connectivity index (χ0n) is 16.4. The highest BCUT2D eigenvalue weighted by atomic mass is 16.7. The van der Waals surface area contributed by atoms with Crippen molar-refractivity contribution in [2.24, 2.45) is 0 Å². The molecule has 2 aromatic carbocycles. The third-order valence-electron chi connectivity index (χ3n) is 5.21. The average Bonchev–Trinajstić information content (AvgIpc) is 3.20. The largest absolute Gasteiger partial charge is 0.347 e. The first-order valence-electron chi connectivity index (χ1n) is 9.58. The molecular weight excluding hydrogens is 404 g/mol. The van der Waals surface area contributed by atoms with Crippen LogP contribution in [0.2, 0.25) is 0 Å². The quantitative estimate of drug-likeness (QED) is 0.413. The van der Waals surface area contributed by atoms with Crippen molar-refractivity contribution in [1.29, 1.82) is 0 Å². The number of hydrogen-bond donors (Lipinski definition) is 0. The predicted molar refractivity (Wildman–Crippen MR) is 111 cm³/mol. The van der Waals surface area contributed by atoms with Gasteiger partial charge in [0.2, 0.25) is 0 Å². The normalized spacial score (nSPS) is 20.5. The van der Waals surface area contributed by atoms with Crippen LogP contribution in [0.1, 0.15) is 24.0 Å². The molecule has 2 fully saturated rings. The van der Waals surface area contributed by atoms with Crippen molar-refractivity contribution in [1.82, 2.24) is 0 Å². The molecule has 2 aromatic rings. The summed E-state index contributed by atoms with van der Waals surface area (Å²) in [6, 6.07) is 11.8. The molecule has 0 aromatic heterocycles. The first-order valence-corrected chi connectivity index (χ1v) is 9.58. The lowest BCUT2D eigenvalue weighted by molar-refractivity contribution is -0.385. The van der Waals surface area contributed by atoms with Crippen molar-refractivity contribution in [3.8, 4) is 0 Å². The molecule has 4 rings (SSSR count). The smallest absolute Gasteiger partial charge is 0.269 e. The topological polar surface area (TPSA) is 122 Å². The highest BCUT2D eigenvalue weighted by molar-refractivity contribution is 6.14. The van der Waals surface area contributed by atoms with Crippen LogP contribution in [-0.2, 0) is 14.3 Å². The highest BCUT2D eigenvalue weighted by Gasteiger charge is 2.44. The van der Waals surface area contributed by atoms with Gasteiger partial charge in [-0.15, -0.1) is 0 Å². The van der Waals surface area contributed by atoms with Crippen molar-refractivity contribution in [3.05, 3.63) is 91.0 Å². The van der Waals surface area contributed by atoms with Crippen LogP contribution in [-0.4, -0.2) is 34.6 Å². The van der Waals surface area contributed by atoms with E-state index in [4.69, 9.17) is 9.47 Å². The second-order valence-electron chi connectivity index (χ2n) is 7.33. The zero-order valence-corrected chi connectivity index (χ0v) is 16.4. The summed E-state index contributed by atoms with van der Waals surface area (Å²) in [6.07, 6.45) is 3.89. The van der Waals surface area contributed by atoms with Gasteiger partial charge in [-0.25, -0.2) is 0 Å². The van der Waals surface area contributed by atoms with Crippen LogP contribution in [0.5, 0.6) is 0 Å². The Hall–Kier alpha value is -3.69. The Balaban J connectivity index is 1.68. The Kier molecular flexibility index (Phi) is 5.45. The van der Waals surface area contributed by atoms with Gasteiger partial charge in [-0.05, 0) is 47.5 Å². The maximum absolute atomic E-state index is 13.2. The maximum Gasteiger partial charge on any atom is 0.269 e. The second kappa shape index (κ2) is 8.21. The van der Waals surface area contributed by atoms with Crippen LogP contribution in [0.15, 0.2) is 59.7 Å². The van der Waals surface area contributed by atoms with E-state index in [0.29, 0.717) is 35.5 Å². The summed E-state index contributed by atoms with van der Waals surface area (Å²) >= 11 is 0. The summed E-state index contributed by atoms with van der Waals surface area (Å²) < 4.78 is 11.7. The third-order valence-corrected chi connectivity index (χ3v) is 5.21. The summed E-state index contributed by atoms with van der Waals surface area (Å²) in [7, 11) is 0. The van der Waals surface area contributed by atoms with Crippen molar-refractivity contribution >= 4 is 29.3 Å². The minimum atomic E-state index is -0.937. The number of nitrogens with zero attached hydrogens (tertiary/aromatic N) is 2. The molecule has 0 bridgehead atoms. The van der Waals surface area contributed by atoms with Gasteiger partial charge in [-0.1, -0.05) is 0 Å². The first kappa shape index (κ1) is 20.6. The average molecular weight is 422 g/mol.